The monoisotopic (exact) mass is 352 g/mol. The molecule has 1 unspecified atom stereocenters. The zero-order valence-electron chi connectivity index (χ0n) is 15.6. The average Bonchev–Trinajstić information content (AvgIpc) is 3.23. The van der Waals surface area contributed by atoms with Crippen molar-refractivity contribution in [2.45, 2.75) is 51.0 Å². The minimum atomic E-state index is 0.0712. The van der Waals surface area contributed by atoms with Gasteiger partial charge in [-0.15, -0.1) is 0 Å². The Hall–Kier alpha value is -2.23. The summed E-state index contributed by atoms with van der Waals surface area (Å²) in [6.45, 7) is 4.63. The second-order valence-electron chi connectivity index (χ2n) is 7.74. The molecule has 138 valence electrons. The van der Waals surface area contributed by atoms with Gasteiger partial charge in [0.2, 0.25) is 0 Å². The number of rotatable bonds is 3. The van der Waals surface area contributed by atoms with Crippen molar-refractivity contribution in [3.8, 4) is 0 Å². The lowest BCUT2D eigenvalue weighted by atomic mass is 9.84. The molecule has 1 saturated carbocycles. The minimum absolute atomic E-state index is 0.0712. The van der Waals surface area contributed by atoms with Crippen molar-refractivity contribution in [1.29, 1.82) is 0 Å². The summed E-state index contributed by atoms with van der Waals surface area (Å²) in [5.41, 5.74) is 3.44. The molecular formula is C22H28N2O2. The Kier molecular flexibility index (Phi) is 5.00. The van der Waals surface area contributed by atoms with Gasteiger partial charge in [-0.1, -0.05) is 31.4 Å². The molecule has 1 aliphatic carbocycles. The molecular weight excluding hydrogens is 324 g/mol. The Balaban J connectivity index is 1.44. The Bertz CT molecular complexity index is 734. The molecule has 1 aliphatic heterocycles. The van der Waals surface area contributed by atoms with Crippen LogP contribution >= 0.6 is 0 Å². The maximum atomic E-state index is 12.6. The van der Waals surface area contributed by atoms with E-state index in [2.05, 4.69) is 36.1 Å². The maximum absolute atomic E-state index is 12.6. The number of anilines is 1. The van der Waals surface area contributed by atoms with Crippen molar-refractivity contribution in [2.75, 3.05) is 24.5 Å². The van der Waals surface area contributed by atoms with E-state index >= 15 is 0 Å². The number of carbonyl (C=O) groups is 1. The normalized spacial score (nSPS) is 21.8. The van der Waals surface area contributed by atoms with Crippen LogP contribution in [0.3, 0.4) is 0 Å². The zero-order valence-corrected chi connectivity index (χ0v) is 15.6. The third-order valence-corrected chi connectivity index (χ3v) is 5.97. The molecule has 0 bridgehead atoms. The lowest BCUT2D eigenvalue weighted by Crippen LogP contribution is -2.54. The van der Waals surface area contributed by atoms with Gasteiger partial charge in [0.05, 0.1) is 11.8 Å². The van der Waals surface area contributed by atoms with Gasteiger partial charge in [0.25, 0.3) is 5.91 Å². The van der Waals surface area contributed by atoms with Crippen LogP contribution < -0.4 is 4.90 Å². The Morgan fingerprint density at radius 1 is 1.12 bits per heavy atom. The molecule has 26 heavy (non-hydrogen) atoms. The fourth-order valence-electron chi connectivity index (χ4n) is 4.46. The number of hydrogen-bond donors (Lipinski definition) is 0. The van der Waals surface area contributed by atoms with Crippen LogP contribution in [0.2, 0.25) is 0 Å². The second-order valence-corrected chi connectivity index (χ2v) is 7.74. The van der Waals surface area contributed by atoms with Crippen LogP contribution in [0, 0.1) is 0 Å². The first kappa shape index (κ1) is 17.2. The maximum Gasteiger partial charge on any atom is 0.257 e. The first-order chi connectivity index (χ1) is 12.7. The van der Waals surface area contributed by atoms with Gasteiger partial charge in [0.15, 0.2) is 0 Å². The van der Waals surface area contributed by atoms with Crippen LogP contribution in [0.5, 0.6) is 0 Å². The topological polar surface area (TPSA) is 36.7 Å². The first-order valence-corrected chi connectivity index (χ1v) is 9.90. The fourth-order valence-corrected chi connectivity index (χ4v) is 4.46. The van der Waals surface area contributed by atoms with Gasteiger partial charge < -0.3 is 14.2 Å². The zero-order chi connectivity index (χ0) is 17.9. The fraction of sp³-hybridized carbons (Fsp3) is 0.500. The highest BCUT2D eigenvalue weighted by Crippen LogP contribution is 2.34. The summed E-state index contributed by atoms with van der Waals surface area (Å²) >= 11 is 0. The van der Waals surface area contributed by atoms with Gasteiger partial charge in [-0.2, -0.15) is 0 Å². The van der Waals surface area contributed by atoms with Crippen LogP contribution in [0.25, 0.3) is 0 Å². The van der Waals surface area contributed by atoms with Gasteiger partial charge in [-0.05, 0) is 49.4 Å². The first-order valence-electron chi connectivity index (χ1n) is 9.90. The van der Waals surface area contributed by atoms with Crippen LogP contribution in [-0.4, -0.2) is 36.5 Å². The molecule has 1 amide bonds. The molecule has 4 nitrogen and oxygen atoms in total. The van der Waals surface area contributed by atoms with E-state index in [1.165, 1.54) is 49.6 Å². The number of amides is 1. The molecule has 2 fully saturated rings. The van der Waals surface area contributed by atoms with Gasteiger partial charge in [-0.25, -0.2) is 0 Å². The Morgan fingerprint density at radius 2 is 1.96 bits per heavy atom. The van der Waals surface area contributed by atoms with Gasteiger partial charge in [-0.3, -0.25) is 4.79 Å². The predicted molar refractivity (Wildman–Crippen MR) is 104 cm³/mol. The van der Waals surface area contributed by atoms with Crippen molar-refractivity contribution in [2.24, 2.45) is 0 Å². The van der Waals surface area contributed by atoms with E-state index in [1.807, 2.05) is 4.90 Å². The largest absolute Gasteiger partial charge is 0.472 e. The molecule has 0 N–H and O–H groups in total. The molecule has 0 radical (unpaired) electrons. The summed E-state index contributed by atoms with van der Waals surface area (Å²) in [6.07, 6.45) is 9.86. The van der Waals surface area contributed by atoms with Crippen LogP contribution in [-0.2, 0) is 0 Å². The molecule has 1 atom stereocenters. The third kappa shape index (κ3) is 3.50. The lowest BCUT2D eigenvalue weighted by molar-refractivity contribution is 0.0673. The quantitative estimate of drug-likeness (QED) is 0.805. The molecule has 2 heterocycles. The second kappa shape index (κ2) is 7.56. The summed E-state index contributed by atoms with van der Waals surface area (Å²) in [7, 11) is 0. The molecule has 4 heteroatoms. The smallest absolute Gasteiger partial charge is 0.257 e. The van der Waals surface area contributed by atoms with E-state index in [9.17, 15) is 4.79 Å². The number of carbonyl (C=O) groups excluding carboxylic acids is 1. The highest BCUT2D eigenvalue weighted by molar-refractivity contribution is 5.94. The van der Waals surface area contributed by atoms with Crippen LogP contribution in [0.1, 0.15) is 60.9 Å². The predicted octanol–water partition coefficient (Wildman–Crippen LogP) is 4.68. The number of furan rings is 1. The summed E-state index contributed by atoms with van der Waals surface area (Å²) < 4.78 is 5.06. The van der Waals surface area contributed by atoms with Crippen molar-refractivity contribution < 1.29 is 9.21 Å². The van der Waals surface area contributed by atoms with Gasteiger partial charge in [0.1, 0.15) is 6.26 Å². The van der Waals surface area contributed by atoms with Crippen molar-refractivity contribution in [1.82, 2.24) is 4.90 Å². The van der Waals surface area contributed by atoms with E-state index < -0.39 is 0 Å². The molecule has 2 aromatic rings. The summed E-state index contributed by atoms with van der Waals surface area (Å²) in [5.74, 6) is 0.798. The summed E-state index contributed by atoms with van der Waals surface area (Å²) in [5, 5.41) is 0. The van der Waals surface area contributed by atoms with E-state index in [4.69, 9.17) is 4.42 Å². The van der Waals surface area contributed by atoms with Crippen LogP contribution in [0.4, 0.5) is 5.69 Å². The summed E-state index contributed by atoms with van der Waals surface area (Å²) in [6, 6.07) is 11.0. The average molecular weight is 352 g/mol. The van der Waals surface area contributed by atoms with Crippen LogP contribution in [0.15, 0.2) is 47.3 Å². The van der Waals surface area contributed by atoms with E-state index in [-0.39, 0.29) is 11.9 Å². The number of benzene rings is 1. The molecule has 4 rings (SSSR count). The van der Waals surface area contributed by atoms with E-state index in [0.717, 1.165) is 25.6 Å². The van der Waals surface area contributed by atoms with Gasteiger partial charge in [0, 0.05) is 31.4 Å². The highest BCUT2D eigenvalue weighted by atomic mass is 16.3. The number of piperazine rings is 1. The lowest BCUT2D eigenvalue weighted by Gasteiger charge is -2.41. The Labute approximate surface area is 155 Å². The minimum Gasteiger partial charge on any atom is -0.472 e. The summed E-state index contributed by atoms with van der Waals surface area (Å²) in [4.78, 5) is 17.0. The standard InChI is InChI=1S/C22H28N2O2/c1-17-15-23(11-12-24(17)22(25)20-10-13-26-16-20)21-9-5-8-19(14-21)18-6-3-2-4-7-18/h5,8-10,13-14,16-18H,2-4,6-7,11-12,15H2,1H3. The molecule has 2 aliphatic rings. The van der Waals surface area contributed by atoms with Gasteiger partial charge >= 0.3 is 0 Å². The van der Waals surface area contributed by atoms with Crippen molar-refractivity contribution in [3.63, 3.8) is 0 Å². The molecule has 1 saturated heterocycles. The van der Waals surface area contributed by atoms with E-state index in [0.29, 0.717) is 5.56 Å². The number of hydrogen-bond acceptors (Lipinski definition) is 3. The molecule has 0 spiro atoms. The highest BCUT2D eigenvalue weighted by Gasteiger charge is 2.29. The molecule has 1 aromatic carbocycles. The van der Waals surface area contributed by atoms with Crippen molar-refractivity contribution in [3.05, 3.63) is 54.0 Å². The third-order valence-electron chi connectivity index (χ3n) is 5.97. The van der Waals surface area contributed by atoms with E-state index in [1.54, 1.807) is 12.3 Å². The molecule has 1 aromatic heterocycles. The Morgan fingerprint density at radius 3 is 2.69 bits per heavy atom. The number of nitrogens with zero attached hydrogens (tertiary/aromatic N) is 2. The van der Waals surface area contributed by atoms with Crippen molar-refractivity contribution >= 4 is 11.6 Å². The SMILES string of the molecule is CC1CN(c2cccc(C3CCCCC3)c2)CCN1C(=O)c1ccoc1.